The Balaban J connectivity index is 1.38. The lowest BCUT2D eigenvalue weighted by molar-refractivity contribution is 0.0471. The number of amides is 1. The lowest BCUT2D eigenvalue weighted by Crippen LogP contribution is -2.42. The number of alkyl halides is 1. The number of hydrogen-bond donors (Lipinski definition) is 1. The molecule has 8 nitrogen and oxygen atoms in total. The van der Waals surface area contributed by atoms with Crippen LogP contribution in [-0.2, 0) is 11.2 Å². The SMILES string of the molecule is CC(C)(C)OC(=O)NC1Cc2ccccc2-n2c(C3CCC(Oc4ccccn4)CC3)nnc2C1F. The molecule has 1 fully saturated rings. The number of para-hydroxylation sites is 1. The van der Waals surface area contributed by atoms with Gasteiger partial charge < -0.3 is 14.8 Å². The summed E-state index contributed by atoms with van der Waals surface area (Å²) in [5, 5.41) is 11.5. The monoisotopic (exact) mass is 493 g/mol. The predicted octanol–water partition coefficient (Wildman–Crippen LogP) is 5.23. The number of ether oxygens (including phenoxy) is 2. The summed E-state index contributed by atoms with van der Waals surface area (Å²) in [6, 6.07) is 12.6. The molecular weight excluding hydrogens is 461 g/mol. The van der Waals surface area contributed by atoms with Crippen LogP contribution >= 0.6 is 0 Å². The number of aromatic nitrogens is 4. The van der Waals surface area contributed by atoms with Crippen LogP contribution in [0.3, 0.4) is 0 Å². The molecular formula is C27H32FN5O3. The normalized spacial score (nSPS) is 23.7. The summed E-state index contributed by atoms with van der Waals surface area (Å²) in [6.07, 6.45) is 3.38. The Morgan fingerprint density at radius 2 is 1.75 bits per heavy atom. The van der Waals surface area contributed by atoms with Crippen molar-refractivity contribution in [1.82, 2.24) is 25.1 Å². The molecule has 0 saturated heterocycles. The van der Waals surface area contributed by atoms with Crippen molar-refractivity contribution in [2.24, 2.45) is 0 Å². The van der Waals surface area contributed by atoms with Gasteiger partial charge in [-0.15, -0.1) is 10.2 Å². The molecule has 0 spiro atoms. The minimum atomic E-state index is -1.53. The number of fused-ring (bicyclic) bond motifs is 3. The number of alkyl carbamates (subject to hydrolysis) is 1. The number of nitrogens with one attached hydrogen (secondary N) is 1. The maximum Gasteiger partial charge on any atom is 0.407 e. The number of carbonyl (C=O) groups excluding carboxylic acids is 1. The van der Waals surface area contributed by atoms with Gasteiger partial charge in [0, 0.05) is 18.2 Å². The zero-order valence-electron chi connectivity index (χ0n) is 20.9. The molecule has 2 unspecified atom stereocenters. The fraction of sp³-hybridized carbons (Fsp3) is 0.481. The molecule has 1 aliphatic carbocycles. The summed E-state index contributed by atoms with van der Waals surface area (Å²) in [5.41, 5.74) is 1.11. The number of carbonyl (C=O) groups is 1. The Hall–Kier alpha value is -3.49. The zero-order chi connectivity index (χ0) is 25.3. The second-order valence-corrected chi connectivity index (χ2v) is 10.5. The summed E-state index contributed by atoms with van der Waals surface area (Å²) >= 11 is 0. The van der Waals surface area contributed by atoms with E-state index in [-0.39, 0.29) is 17.8 Å². The highest BCUT2D eigenvalue weighted by molar-refractivity contribution is 5.68. The molecule has 0 bridgehead atoms. The summed E-state index contributed by atoms with van der Waals surface area (Å²) in [5.74, 6) is 1.73. The van der Waals surface area contributed by atoms with Crippen molar-refractivity contribution in [3.8, 4) is 11.6 Å². The van der Waals surface area contributed by atoms with Crippen molar-refractivity contribution in [2.75, 3.05) is 0 Å². The van der Waals surface area contributed by atoms with Crippen LogP contribution in [0.25, 0.3) is 5.69 Å². The molecule has 2 atom stereocenters. The third-order valence-corrected chi connectivity index (χ3v) is 6.65. The topological polar surface area (TPSA) is 91.2 Å². The number of hydrogen-bond acceptors (Lipinski definition) is 6. The number of rotatable bonds is 4. The molecule has 1 saturated carbocycles. The van der Waals surface area contributed by atoms with E-state index in [9.17, 15) is 4.79 Å². The predicted molar refractivity (Wildman–Crippen MR) is 132 cm³/mol. The molecule has 1 amide bonds. The van der Waals surface area contributed by atoms with Crippen LogP contribution in [0.15, 0.2) is 48.7 Å². The molecule has 1 N–H and O–H groups in total. The Kier molecular flexibility index (Phi) is 6.64. The standard InChI is InChI=1S/C27H32FN5O3/c1-27(2,3)36-26(34)30-20-16-18-8-4-5-9-21(18)33-24(31-32-25(33)23(20)28)17-11-13-19(14-12-17)35-22-10-6-7-15-29-22/h4-10,15,17,19-20,23H,11-14,16H2,1-3H3,(H,30,34). The molecule has 5 rings (SSSR count). The van der Waals surface area contributed by atoms with E-state index in [1.807, 2.05) is 47.0 Å². The van der Waals surface area contributed by atoms with Crippen LogP contribution in [0.5, 0.6) is 5.88 Å². The van der Waals surface area contributed by atoms with E-state index in [4.69, 9.17) is 9.47 Å². The van der Waals surface area contributed by atoms with E-state index in [2.05, 4.69) is 20.5 Å². The minimum Gasteiger partial charge on any atom is -0.474 e. The van der Waals surface area contributed by atoms with Gasteiger partial charge in [0.1, 0.15) is 17.5 Å². The third kappa shape index (κ3) is 5.20. The van der Waals surface area contributed by atoms with Crippen molar-refractivity contribution in [1.29, 1.82) is 0 Å². The summed E-state index contributed by atoms with van der Waals surface area (Å²) in [6.45, 7) is 5.34. The molecule has 1 aliphatic heterocycles. The van der Waals surface area contributed by atoms with Gasteiger partial charge in [0.25, 0.3) is 0 Å². The Morgan fingerprint density at radius 1 is 1.03 bits per heavy atom. The number of halogens is 1. The smallest absolute Gasteiger partial charge is 0.407 e. The van der Waals surface area contributed by atoms with Gasteiger partial charge in [-0.1, -0.05) is 24.3 Å². The maximum absolute atomic E-state index is 15.9. The number of nitrogens with zero attached hydrogens (tertiary/aromatic N) is 4. The summed E-state index contributed by atoms with van der Waals surface area (Å²) in [4.78, 5) is 16.7. The summed E-state index contributed by atoms with van der Waals surface area (Å²) in [7, 11) is 0. The Bertz CT molecular complexity index is 1200. The van der Waals surface area contributed by atoms with Crippen LogP contribution in [0, 0.1) is 0 Å². The molecule has 2 aromatic heterocycles. The highest BCUT2D eigenvalue weighted by Crippen LogP contribution is 2.39. The zero-order valence-corrected chi connectivity index (χ0v) is 20.9. The van der Waals surface area contributed by atoms with Crippen LogP contribution in [0.4, 0.5) is 9.18 Å². The highest BCUT2D eigenvalue weighted by Gasteiger charge is 2.38. The quantitative estimate of drug-likeness (QED) is 0.535. The molecule has 9 heteroatoms. The molecule has 2 aliphatic rings. The second-order valence-electron chi connectivity index (χ2n) is 10.5. The van der Waals surface area contributed by atoms with E-state index in [0.29, 0.717) is 12.3 Å². The van der Waals surface area contributed by atoms with Crippen LogP contribution in [0.1, 0.15) is 75.8 Å². The van der Waals surface area contributed by atoms with Gasteiger partial charge in [0.2, 0.25) is 5.88 Å². The van der Waals surface area contributed by atoms with E-state index in [1.54, 1.807) is 27.0 Å². The average Bonchev–Trinajstić information content (AvgIpc) is 3.24. The molecule has 1 aromatic carbocycles. The Labute approximate surface area is 210 Å². The van der Waals surface area contributed by atoms with Gasteiger partial charge in [-0.3, -0.25) is 4.57 Å². The molecule has 3 aromatic rings. The van der Waals surface area contributed by atoms with E-state index >= 15 is 4.39 Å². The molecule has 190 valence electrons. The first-order chi connectivity index (χ1) is 17.3. The third-order valence-electron chi connectivity index (χ3n) is 6.65. The number of pyridine rings is 1. The van der Waals surface area contributed by atoms with E-state index in [1.165, 1.54) is 0 Å². The van der Waals surface area contributed by atoms with Crippen LogP contribution in [0.2, 0.25) is 0 Å². The van der Waals surface area contributed by atoms with Gasteiger partial charge >= 0.3 is 6.09 Å². The first-order valence-corrected chi connectivity index (χ1v) is 12.5. The highest BCUT2D eigenvalue weighted by atomic mass is 19.1. The second kappa shape index (κ2) is 9.87. The fourth-order valence-corrected chi connectivity index (χ4v) is 5.03. The van der Waals surface area contributed by atoms with Crippen LogP contribution in [-0.4, -0.2) is 43.6 Å². The molecule has 0 radical (unpaired) electrons. The maximum atomic E-state index is 15.9. The average molecular weight is 494 g/mol. The van der Waals surface area contributed by atoms with Crippen molar-refractivity contribution >= 4 is 6.09 Å². The lowest BCUT2D eigenvalue weighted by atomic mass is 9.86. The number of benzene rings is 1. The van der Waals surface area contributed by atoms with Crippen molar-refractivity contribution in [3.05, 3.63) is 65.9 Å². The van der Waals surface area contributed by atoms with E-state index in [0.717, 1.165) is 42.8 Å². The van der Waals surface area contributed by atoms with Crippen molar-refractivity contribution in [3.63, 3.8) is 0 Å². The van der Waals surface area contributed by atoms with Crippen molar-refractivity contribution < 1.29 is 18.7 Å². The first-order valence-electron chi connectivity index (χ1n) is 12.5. The van der Waals surface area contributed by atoms with Gasteiger partial charge in [0.05, 0.1) is 11.7 Å². The minimum absolute atomic E-state index is 0.0892. The largest absolute Gasteiger partial charge is 0.474 e. The van der Waals surface area contributed by atoms with Crippen molar-refractivity contribution in [2.45, 2.75) is 82.7 Å². The van der Waals surface area contributed by atoms with Gasteiger partial charge in [0.15, 0.2) is 12.0 Å². The van der Waals surface area contributed by atoms with E-state index < -0.39 is 23.9 Å². The first kappa shape index (κ1) is 24.2. The van der Waals surface area contributed by atoms with Gasteiger partial charge in [-0.05, 0) is 70.6 Å². The van der Waals surface area contributed by atoms with Gasteiger partial charge in [-0.2, -0.15) is 0 Å². The molecule has 3 heterocycles. The Morgan fingerprint density at radius 3 is 2.47 bits per heavy atom. The molecule has 36 heavy (non-hydrogen) atoms. The van der Waals surface area contributed by atoms with Gasteiger partial charge in [-0.25, -0.2) is 14.2 Å². The summed E-state index contributed by atoms with van der Waals surface area (Å²) < 4.78 is 29.2. The lowest BCUT2D eigenvalue weighted by Gasteiger charge is -2.28. The van der Waals surface area contributed by atoms with Crippen LogP contribution < -0.4 is 10.1 Å². The fourth-order valence-electron chi connectivity index (χ4n) is 5.03.